The second-order valence-corrected chi connectivity index (χ2v) is 14.2. The molecule has 258 valence electrons. The highest BCUT2D eigenvalue weighted by atomic mass is 16.5. The second kappa shape index (κ2) is 11.0. The molecule has 6 heterocycles. The number of aromatic nitrogens is 5. The van der Waals surface area contributed by atoms with Crippen LogP contribution in [0.4, 0.5) is 11.4 Å². The van der Waals surface area contributed by atoms with Crippen LogP contribution >= 0.6 is 0 Å². The third-order valence-corrected chi connectivity index (χ3v) is 11.6. The van der Waals surface area contributed by atoms with Crippen LogP contribution in [-0.2, 0) is 5.41 Å². The van der Waals surface area contributed by atoms with E-state index in [0.717, 1.165) is 100 Å². The fourth-order valence-electron chi connectivity index (χ4n) is 9.37. The van der Waals surface area contributed by atoms with Gasteiger partial charge in [0.2, 0.25) is 0 Å². The molecule has 5 aromatic carbocycles. The maximum absolute atomic E-state index is 7.73. The largest absolute Gasteiger partial charge is 0.457 e. The second-order valence-electron chi connectivity index (χ2n) is 14.2. The molecular weight excluding hydrogens is 691 g/mol. The Morgan fingerprint density at radius 3 is 1.64 bits per heavy atom. The van der Waals surface area contributed by atoms with Gasteiger partial charge >= 0.3 is 0 Å². The van der Waals surface area contributed by atoms with Crippen LogP contribution in [0.2, 0.25) is 0 Å². The van der Waals surface area contributed by atoms with Gasteiger partial charge in [-0.15, -0.1) is 0 Å². The number of nitrogens with zero attached hydrogens (tertiary/aromatic N) is 7. The summed E-state index contributed by atoms with van der Waals surface area (Å²) in [4.78, 5) is 21.9. The number of para-hydroxylation sites is 1. The van der Waals surface area contributed by atoms with E-state index in [1.165, 1.54) is 0 Å². The maximum atomic E-state index is 7.73. The lowest BCUT2D eigenvalue weighted by molar-refractivity contribution is 0.436. The van der Waals surface area contributed by atoms with Crippen molar-refractivity contribution in [3.63, 3.8) is 0 Å². The lowest BCUT2D eigenvalue weighted by Crippen LogP contribution is -2.32. The Balaban J connectivity index is 1.18. The molecule has 2 aliphatic rings. The fourth-order valence-corrected chi connectivity index (χ4v) is 9.37. The lowest BCUT2D eigenvalue weighted by Gasteiger charge is -2.39. The summed E-state index contributed by atoms with van der Waals surface area (Å²) in [5.41, 5.74) is 11.9. The number of fused-ring (bicyclic) bond motifs is 15. The molecule has 0 N–H and O–H groups in total. The van der Waals surface area contributed by atoms with Gasteiger partial charge in [-0.1, -0.05) is 42.5 Å². The van der Waals surface area contributed by atoms with Crippen molar-refractivity contribution in [2.75, 3.05) is 0 Å². The Morgan fingerprint density at radius 1 is 0.482 bits per heavy atom. The molecule has 8 nitrogen and oxygen atoms in total. The van der Waals surface area contributed by atoms with E-state index < -0.39 is 5.41 Å². The Kier molecular flexibility index (Phi) is 5.96. The van der Waals surface area contributed by atoms with Crippen molar-refractivity contribution >= 4 is 55.0 Å². The average Bonchev–Trinajstić information content (AvgIpc) is 3.88. The Bertz CT molecular complexity index is 3280. The molecule has 0 amide bonds. The quantitative estimate of drug-likeness (QED) is 0.167. The zero-order valence-corrected chi connectivity index (χ0v) is 29.5. The molecule has 0 saturated carbocycles. The van der Waals surface area contributed by atoms with Crippen molar-refractivity contribution in [3.8, 4) is 34.3 Å². The van der Waals surface area contributed by atoms with Gasteiger partial charge in [-0.25, -0.2) is 9.69 Å². The number of ether oxygens (including phenoxy) is 1. The summed E-state index contributed by atoms with van der Waals surface area (Å²) >= 11 is 0. The number of rotatable bonds is 2. The predicted molar refractivity (Wildman–Crippen MR) is 218 cm³/mol. The van der Waals surface area contributed by atoms with Crippen molar-refractivity contribution in [1.82, 2.24) is 24.1 Å². The molecule has 0 radical (unpaired) electrons. The number of hydrogen-bond donors (Lipinski definition) is 0. The van der Waals surface area contributed by atoms with E-state index in [9.17, 15) is 0 Å². The lowest BCUT2D eigenvalue weighted by atomic mass is 9.66. The van der Waals surface area contributed by atoms with Crippen LogP contribution in [0.3, 0.4) is 0 Å². The minimum Gasteiger partial charge on any atom is -0.457 e. The third-order valence-electron chi connectivity index (χ3n) is 11.6. The van der Waals surface area contributed by atoms with Crippen molar-refractivity contribution in [1.29, 1.82) is 0 Å². The smallest absolute Gasteiger partial charge is 0.188 e. The van der Waals surface area contributed by atoms with E-state index >= 15 is 0 Å². The van der Waals surface area contributed by atoms with Crippen molar-refractivity contribution < 1.29 is 4.74 Å². The minimum atomic E-state index is -0.841. The molecule has 0 saturated heterocycles. The highest BCUT2D eigenvalue weighted by molar-refractivity contribution is 6.12. The predicted octanol–water partition coefficient (Wildman–Crippen LogP) is 11.6. The summed E-state index contributed by atoms with van der Waals surface area (Å²) in [5, 5.41) is 4.13. The summed E-state index contributed by atoms with van der Waals surface area (Å²) in [5.74, 6) is 1.50. The van der Waals surface area contributed by atoms with Crippen LogP contribution in [0, 0.1) is 13.1 Å². The summed E-state index contributed by atoms with van der Waals surface area (Å²) < 4.78 is 11.4. The molecule has 1 aliphatic carbocycles. The number of pyridine rings is 3. The highest BCUT2D eigenvalue weighted by Crippen LogP contribution is 2.62. The first-order valence-electron chi connectivity index (χ1n) is 18.2. The van der Waals surface area contributed by atoms with E-state index in [0.29, 0.717) is 11.4 Å². The van der Waals surface area contributed by atoms with Gasteiger partial charge in [-0.05, 0) is 107 Å². The van der Waals surface area contributed by atoms with E-state index in [2.05, 4.69) is 103 Å². The van der Waals surface area contributed by atoms with Gasteiger partial charge < -0.3 is 13.9 Å². The first kappa shape index (κ1) is 30.4. The van der Waals surface area contributed by atoms with Crippen LogP contribution < -0.4 is 4.74 Å². The van der Waals surface area contributed by atoms with Crippen molar-refractivity contribution in [2.24, 2.45) is 0 Å². The standard InChI is InChI=1S/C48H25N7O/c1-49-28-11-15-41-34(23-28)35-24-29(50-2)12-16-42(35)54(41)30-13-17-44-38(25-30)48(36-8-5-20-52-46(36)47-37(48)9-6-21-53-47)39-26-31(14-18-45(39)56-44)55-40-10-4-3-7-32(40)33-19-22-51-27-43(33)55/h3-27H. The summed E-state index contributed by atoms with van der Waals surface area (Å²) in [6.07, 6.45) is 7.45. The molecular formula is C48H25N7O. The minimum absolute atomic E-state index is 0.549. The molecule has 5 aromatic heterocycles. The first-order valence-corrected chi connectivity index (χ1v) is 18.2. The van der Waals surface area contributed by atoms with E-state index in [1.807, 2.05) is 73.3 Å². The van der Waals surface area contributed by atoms with Crippen LogP contribution in [0.5, 0.6) is 11.5 Å². The summed E-state index contributed by atoms with van der Waals surface area (Å²) in [7, 11) is 0. The van der Waals surface area contributed by atoms with Crippen LogP contribution in [-0.4, -0.2) is 24.1 Å². The zero-order chi connectivity index (χ0) is 37.1. The molecule has 12 rings (SSSR count). The van der Waals surface area contributed by atoms with E-state index in [1.54, 1.807) is 0 Å². The van der Waals surface area contributed by atoms with Crippen molar-refractivity contribution in [3.05, 3.63) is 197 Å². The van der Waals surface area contributed by atoms with Crippen LogP contribution in [0.1, 0.15) is 22.3 Å². The molecule has 1 aliphatic heterocycles. The Morgan fingerprint density at radius 2 is 1.04 bits per heavy atom. The maximum Gasteiger partial charge on any atom is 0.188 e. The van der Waals surface area contributed by atoms with E-state index in [-0.39, 0.29) is 0 Å². The molecule has 0 atom stereocenters. The monoisotopic (exact) mass is 715 g/mol. The first-order chi connectivity index (χ1) is 27.7. The van der Waals surface area contributed by atoms with E-state index in [4.69, 9.17) is 27.8 Å². The Labute approximate surface area is 319 Å². The van der Waals surface area contributed by atoms with Gasteiger partial charge in [0, 0.05) is 51.9 Å². The molecule has 56 heavy (non-hydrogen) atoms. The molecule has 10 aromatic rings. The fraction of sp³-hybridized carbons (Fsp3) is 0.0208. The number of hydrogen-bond acceptors (Lipinski definition) is 4. The molecule has 0 bridgehead atoms. The molecule has 1 spiro atoms. The van der Waals surface area contributed by atoms with Gasteiger partial charge in [0.05, 0.1) is 58.2 Å². The van der Waals surface area contributed by atoms with Crippen molar-refractivity contribution in [2.45, 2.75) is 5.41 Å². The van der Waals surface area contributed by atoms with Crippen LogP contribution in [0.25, 0.3) is 76.1 Å². The van der Waals surface area contributed by atoms with Gasteiger partial charge in [0.25, 0.3) is 0 Å². The SMILES string of the molecule is [C-]#[N+]c1ccc2c(c1)c1cc([N+]#[C-])ccc1n2-c1ccc2c(c1)C1(c3cc(-n4c5ccccc5c5ccncc54)ccc3O2)c2cccnc2-c2ncccc21. The topological polar surface area (TPSA) is 66.5 Å². The van der Waals surface area contributed by atoms with Gasteiger partial charge in [0.15, 0.2) is 11.4 Å². The highest BCUT2D eigenvalue weighted by Gasteiger charge is 2.52. The van der Waals surface area contributed by atoms with Gasteiger partial charge in [-0.3, -0.25) is 15.0 Å². The molecule has 0 unspecified atom stereocenters. The van der Waals surface area contributed by atoms with Gasteiger partial charge in [0.1, 0.15) is 11.5 Å². The molecule has 8 heteroatoms. The third kappa shape index (κ3) is 3.81. The summed E-state index contributed by atoms with van der Waals surface area (Å²) in [6, 6.07) is 43.3. The molecule has 0 fully saturated rings. The normalized spacial score (nSPS) is 13.2. The summed E-state index contributed by atoms with van der Waals surface area (Å²) in [6.45, 7) is 15.5. The Hall–Kier alpha value is -8.07. The zero-order valence-electron chi connectivity index (χ0n) is 29.5. The van der Waals surface area contributed by atoms with Crippen LogP contribution in [0.15, 0.2) is 152 Å². The number of benzene rings is 5. The average molecular weight is 716 g/mol. The van der Waals surface area contributed by atoms with Gasteiger partial charge in [-0.2, -0.15) is 0 Å².